The number of benzene rings is 2. The van der Waals surface area contributed by atoms with E-state index in [1.165, 1.54) is 0 Å². The van der Waals surface area contributed by atoms with Crippen molar-refractivity contribution < 1.29 is 9.90 Å². The molecule has 0 heterocycles. The monoisotopic (exact) mass is 357 g/mol. The number of carbonyl (C=O) groups excluding carboxylic acids is 1. The summed E-state index contributed by atoms with van der Waals surface area (Å²) >= 11 is 5.98. The van der Waals surface area contributed by atoms with Gasteiger partial charge in [-0.05, 0) is 36.8 Å². The van der Waals surface area contributed by atoms with Gasteiger partial charge in [-0.15, -0.1) is 0 Å². The molecule has 2 N–H and O–H groups in total. The number of hydrogen-bond acceptors (Lipinski definition) is 4. The molecule has 2 aromatic rings. The highest BCUT2D eigenvalue weighted by Crippen LogP contribution is 2.20. The van der Waals surface area contributed by atoms with Crippen LogP contribution in [0.4, 0.5) is 11.4 Å². The Morgan fingerprint density at radius 3 is 2.64 bits per heavy atom. The summed E-state index contributed by atoms with van der Waals surface area (Å²) in [4.78, 5) is 14.2. The van der Waals surface area contributed by atoms with E-state index in [1.807, 2.05) is 48.2 Å². The van der Waals surface area contributed by atoms with Gasteiger partial charge in [0.25, 0.3) is 0 Å². The van der Waals surface area contributed by atoms with Crippen molar-refractivity contribution in [1.82, 2.24) is 0 Å². The highest BCUT2D eigenvalue weighted by atomic mass is 35.5. The van der Waals surface area contributed by atoms with E-state index < -0.39 is 6.10 Å². The zero-order valence-corrected chi connectivity index (χ0v) is 14.7. The van der Waals surface area contributed by atoms with Crippen LogP contribution in [0.25, 0.3) is 0 Å². The summed E-state index contributed by atoms with van der Waals surface area (Å²) < 4.78 is 0. The first-order chi connectivity index (χ1) is 12.0. The van der Waals surface area contributed by atoms with Gasteiger partial charge in [0.2, 0.25) is 5.91 Å². The number of halogens is 1. The lowest BCUT2D eigenvalue weighted by Crippen LogP contribution is -2.38. The molecule has 0 saturated heterocycles. The van der Waals surface area contributed by atoms with Crippen molar-refractivity contribution in [2.45, 2.75) is 19.4 Å². The van der Waals surface area contributed by atoms with Gasteiger partial charge < -0.3 is 15.3 Å². The highest BCUT2D eigenvalue weighted by molar-refractivity contribution is 6.32. The first-order valence-corrected chi connectivity index (χ1v) is 8.38. The lowest BCUT2D eigenvalue weighted by atomic mass is 10.2. The maximum Gasteiger partial charge on any atom is 0.243 e. The number of nitrogens with one attached hydrogen (secondary N) is 1. The smallest absolute Gasteiger partial charge is 0.243 e. The number of nitrogens with zero attached hydrogens (tertiary/aromatic N) is 2. The van der Waals surface area contributed by atoms with Crippen molar-refractivity contribution in [2.75, 3.05) is 23.3 Å². The fourth-order valence-electron chi connectivity index (χ4n) is 2.34. The number of hydrogen-bond donors (Lipinski definition) is 2. The van der Waals surface area contributed by atoms with Gasteiger partial charge >= 0.3 is 0 Å². The maximum absolute atomic E-state index is 12.4. The van der Waals surface area contributed by atoms with Gasteiger partial charge in [-0.1, -0.05) is 36.7 Å². The molecule has 1 atom stereocenters. The zero-order chi connectivity index (χ0) is 18.2. The predicted molar refractivity (Wildman–Crippen MR) is 99.7 cm³/mol. The van der Waals surface area contributed by atoms with Gasteiger partial charge in [0.1, 0.15) is 6.07 Å². The summed E-state index contributed by atoms with van der Waals surface area (Å²) in [6, 6.07) is 16.2. The lowest BCUT2D eigenvalue weighted by Gasteiger charge is -2.26. The molecule has 25 heavy (non-hydrogen) atoms. The maximum atomic E-state index is 12.4. The largest absolute Gasteiger partial charge is 0.391 e. The van der Waals surface area contributed by atoms with Crippen molar-refractivity contribution >= 4 is 28.9 Å². The number of rotatable bonds is 7. The van der Waals surface area contributed by atoms with E-state index in [4.69, 9.17) is 16.9 Å². The Hall–Kier alpha value is -2.55. The van der Waals surface area contributed by atoms with Crippen LogP contribution in [-0.4, -0.2) is 30.2 Å². The van der Waals surface area contributed by atoms with Crippen LogP contribution in [0.15, 0.2) is 48.5 Å². The molecule has 5 nitrogen and oxygen atoms in total. The second-order valence-electron chi connectivity index (χ2n) is 5.63. The molecule has 0 radical (unpaired) electrons. The molecular formula is C19H20ClN3O2. The molecule has 1 amide bonds. The molecular weight excluding hydrogens is 338 g/mol. The normalized spacial score (nSPS) is 11.4. The van der Waals surface area contributed by atoms with E-state index in [9.17, 15) is 9.90 Å². The fraction of sp³-hybridized carbons (Fsp3) is 0.263. The van der Waals surface area contributed by atoms with E-state index in [0.717, 1.165) is 5.69 Å². The Kier molecular flexibility index (Phi) is 6.81. The quantitative estimate of drug-likeness (QED) is 0.796. The third-order valence-electron chi connectivity index (χ3n) is 3.73. The van der Waals surface area contributed by atoms with Gasteiger partial charge in [0.05, 0.1) is 23.2 Å². The molecule has 0 aliphatic rings. The molecule has 0 aromatic heterocycles. The van der Waals surface area contributed by atoms with Crippen molar-refractivity contribution in [3.05, 3.63) is 59.1 Å². The fourth-order valence-corrected chi connectivity index (χ4v) is 2.56. The highest BCUT2D eigenvalue weighted by Gasteiger charge is 2.15. The average molecular weight is 358 g/mol. The Morgan fingerprint density at radius 1 is 1.32 bits per heavy atom. The molecule has 0 spiro atoms. The standard InChI is InChI=1S/C19H20ClN3O2/c1-2-17(24)12-23(16-6-4-3-5-7-16)13-19(25)22-15-9-8-14(11-21)18(20)10-15/h3-10,17,24H,2,12-13H2,1H3,(H,22,25). The molecule has 0 saturated carbocycles. The topological polar surface area (TPSA) is 76.4 Å². The molecule has 0 bridgehead atoms. The lowest BCUT2D eigenvalue weighted by molar-refractivity contribution is -0.115. The van der Waals surface area contributed by atoms with E-state index >= 15 is 0 Å². The zero-order valence-electron chi connectivity index (χ0n) is 13.9. The molecule has 130 valence electrons. The average Bonchev–Trinajstić information content (AvgIpc) is 2.62. The van der Waals surface area contributed by atoms with E-state index in [2.05, 4.69) is 5.32 Å². The molecule has 0 aliphatic carbocycles. The molecule has 0 fully saturated rings. The minimum absolute atomic E-state index is 0.0959. The van der Waals surface area contributed by atoms with Gasteiger partial charge in [0.15, 0.2) is 0 Å². The van der Waals surface area contributed by atoms with Gasteiger partial charge in [-0.2, -0.15) is 5.26 Å². The van der Waals surface area contributed by atoms with Crippen LogP contribution in [0.1, 0.15) is 18.9 Å². The Morgan fingerprint density at radius 2 is 2.04 bits per heavy atom. The van der Waals surface area contributed by atoms with Crippen molar-refractivity contribution in [1.29, 1.82) is 5.26 Å². The number of nitriles is 1. The van der Waals surface area contributed by atoms with Gasteiger partial charge in [-0.3, -0.25) is 4.79 Å². The minimum Gasteiger partial charge on any atom is -0.391 e. The molecule has 6 heteroatoms. The first kappa shape index (κ1) is 18.8. The van der Waals surface area contributed by atoms with Crippen LogP contribution >= 0.6 is 11.6 Å². The Balaban J connectivity index is 2.09. The SMILES string of the molecule is CCC(O)CN(CC(=O)Nc1ccc(C#N)c(Cl)c1)c1ccccc1. The Bertz CT molecular complexity index is 759. The summed E-state index contributed by atoms with van der Waals surface area (Å²) in [5, 5.41) is 21.9. The minimum atomic E-state index is -0.516. The number of carbonyl (C=O) groups is 1. The summed E-state index contributed by atoms with van der Waals surface area (Å²) in [5.74, 6) is -0.229. The first-order valence-electron chi connectivity index (χ1n) is 8.01. The summed E-state index contributed by atoms with van der Waals surface area (Å²) in [5.41, 5.74) is 1.75. The number of aliphatic hydroxyl groups excluding tert-OH is 1. The summed E-state index contributed by atoms with van der Waals surface area (Å²) in [6.45, 7) is 2.35. The van der Waals surface area contributed by atoms with Crippen LogP contribution < -0.4 is 10.2 Å². The number of aliphatic hydroxyl groups is 1. The second-order valence-corrected chi connectivity index (χ2v) is 6.04. The van der Waals surface area contributed by atoms with Crippen molar-refractivity contribution in [3.8, 4) is 6.07 Å². The number of anilines is 2. The van der Waals surface area contributed by atoms with Crippen molar-refractivity contribution in [3.63, 3.8) is 0 Å². The van der Waals surface area contributed by atoms with Crippen LogP contribution in [0.3, 0.4) is 0 Å². The van der Waals surface area contributed by atoms with Crippen molar-refractivity contribution in [2.24, 2.45) is 0 Å². The Labute approximate surface area is 152 Å². The molecule has 0 aliphatic heterocycles. The number of amides is 1. The third kappa shape index (κ3) is 5.49. The van der Waals surface area contributed by atoms with Crippen LogP contribution in [0.2, 0.25) is 5.02 Å². The predicted octanol–water partition coefficient (Wildman–Crippen LogP) is 3.43. The van der Waals surface area contributed by atoms with Crippen LogP contribution in [-0.2, 0) is 4.79 Å². The molecule has 1 unspecified atom stereocenters. The van der Waals surface area contributed by atoms with E-state index in [0.29, 0.717) is 29.2 Å². The van der Waals surface area contributed by atoms with E-state index in [1.54, 1.807) is 18.2 Å². The third-order valence-corrected chi connectivity index (χ3v) is 4.04. The van der Waals surface area contributed by atoms with Crippen LogP contribution in [0, 0.1) is 11.3 Å². The van der Waals surface area contributed by atoms with Crippen LogP contribution in [0.5, 0.6) is 0 Å². The number of para-hydroxylation sites is 1. The summed E-state index contributed by atoms with van der Waals surface area (Å²) in [6.07, 6.45) is 0.0910. The van der Waals surface area contributed by atoms with E-state index in [-0.39, 0.29) is 12.5 Å². The molecule has 2 aromatic carbocycles. The second kappa shape index (κ2) is 9.07. The summed E-state index contributed by atoms with van der Waals surface area (Å²) in [7, 11) is 0. The molecule has 2 rings (SSSR count). The van der Waals surface area contributed by atoms with Gasteiger partial charge in [-0.25, -0.2) is 0 Å². The van der Waals surface area contributed by atoms with Gasteiger partial charge in [0, 0.05) is 17.9 Å².